The molecular formula is C16H27NO2. The van der Waals surface area contributed by atoms with Crippen LogP contribution in [0.2, 0.25) is 0 Å². The molecule has 108 valence electrons. The first kappa shape index (κ1) is 15.8. The summed E-state index contributed by atoms with van der Waals surface area (Å²) in [5.41, 5.74) is 0. The molecule has 3 heteroatoms. The molecule has 0 unspecified atom stereocenters. The maximum Gasteiger partial charge on any atom is 0.161 e. The Hall–Kier alpha value is -1.22. The highest BCUT2D eigenvalue weighted by atomic mass is 16.5. The van der Waals surface area contributed by atoms with Crippen molar-refractivity contribution in [1.82, 2.24) is 4.90 Å². The minimum absolute atomic E-state index is 0.575. The molecule has 0 amide bonds. The van der Waals surface area contributed by atoms with Crippen LogP contribution in [0.4, 0.5) is 0 Å². The standard InChI is InChI=1S/C16H27NO2/c1-13(2)17(14(3)4)11-8-12-19-16-10-7-6-9-15(16)18-5/h6-7,9-10,13-14H,8,11-12H2,1-5H3. The van der Waals surface area contributed by atoms with Crippen LogP contribution in [0.3, 0.4) is 0 Å². The summed E-state index contributed by atoms with van der Waals surface area (Å²) in [6.45, 7) is 10.7. The Morgan fingerprint density at radius 1 is 1.00 bits per heavy atom. The molecule has 0 saturated heterocycles. The molecule has 0 fully saturated rings. The van der Waals surface area contributed by atoms with E-state index in [0.29, 0.717) is 12.1 Å². The summed E-state index contributed by atoms with van der Waals surface area (Å²) in [4.78, 5) is 2.48. The molecule has 0 aliphatic rings. The van der Waals surface area contributed by atoms with Gasteiger partial charge < -0.3 is 9.47 Å². The van der Waals surface area contributed by atoms with E-state index in [9.17, 15) is 0 Å². The van der Waals surface area contributed by atoms with Crippen molar-refractivity contribution in [3.8, 4) is 11.5 Å². The van der Waals surface area contributed by atoms with Crippen molar-refractivity contribution in [3.05, 3.63) is 24.3 Å². The number of hydrogen-bond donors (Lipinski definition) is 0. The second kappa shape index (κ2) is 8.05. The molecule has 1 aromatic carbocycles. The van der Waals surface area contributed by atoms with Crippen LogP contribution in [0.25, 0.3) is 0 Å². The Labute approximate surface area is 117 Å². The van der Waals surface area contributed by atoms with Crippen LogP contribution in [-0.2, 0) is 0 Å². The Bertz CT molecular complexity index is 356. The second-order valence-corrected chi connectivity index (χ2v) is 5.28. The smallest absolute Gasteiger partial charge is 0.161 e. The number of para-hydroxylation sites is 2. The van der Waals surface area contributed by atoms with E-state index in [2.05, 4.69) is 32.6 Å². The van der Waals surface area contributed by atoms with E-state index in [-0.39, 0.29) is 0 Å². The fourth-order valence-corrected chi connectivity index (χ4v) is 2.28. The minimum Gasteiger partial charge on any atom is -0.493 e. The third-order valence-electron chi connectivity index (χ3n) is 3.21. The predicted molar refractivity (Wildman–Crippen MR) is 80.1 cm³/mol. The van der Waals surface area contributed by atoms with Crippen molar-refractivity contribution in [2.75, 3.05) is 20.3 Å². The molecule has 0 atom stereocenters. The maximum absolute atomic E-state index is 5.79. The van der Waals surface area contributed by atoms with Gasteiger partial charge in [0.15, 0.2) is 11.5 Å². The molecule has 0 aromatic heterocycles. The molecule has 0 aliphatic carbocycles. The van der Waals surface area contributed by atoms with Crippen LogP contribution in [-0.4, -0.2) is 37.2 Å². The van der Waals surface area contributed by atoms with Gasteiger partial charge in [-0.3, -0.25) is 4.90 Å². The van der Waals surface area contributed by atoms with Gasteiger partial charge in [0.1, 0.15) is 0 Å². The molecule has 3 nitrogen and oxygen atoms in total. The number of nitrogens with zero attached hydrogens (tertiary/aromatic N) is 1. The van der Waals surface area contributed by atoms with E-state index in [4.69, 9.17) is 9.47 Å². The molecule has 0 saturated carbocycles. The molecule has 1 rings (SSSR count). The zero-order valence-corrected chi connectivity index (χ0v) is 12.8. The summed E-state index contributed by atoms with van der Waals surface area (Å²) in [6, 6.07) is 8.93. The average molecular weight is 265 g/mol. The largest absolute Gasteiger partial charge is 0.493 e. The van der Waals surface area contributed by atoms with Crippen LogP contribution in [0.5, 0.6) is 11.5 Å². The number of methoxy groups -OCH3 is 1. The summed E-state index contributed by atoms with van der Waals surface area (Å²) in [6.07, 6.45) is 1.02. The second-order valence-electron chi connectivity index (χ2n) is 5.28. The Morgan fingerprint density at radius 2 is 1.58 bits per heavy atom. The summed E-state index contributed by atoms with van der Waals surface area (Å²) in [7, 11) is 1.67. The SMILES string of the molecule is COc1ccccc1OCCCN(C(C)C)C(C)C. The average Bonchev–Trinajstić information content (AvgIpc) is 2.38. The highest BCUT2D eigenvalue weighted by Crippen LogP contribution is 2.25. The number of benzene rings is 1. The Morgan fingerprint density at radius 3 is 2.11 bits per heavy atom. The maximum atomic E-state index is 5.79. The van der Waals surface area contributed by atoms with Crippen molar-refractivity contribution in [1.29, 1.82) is 0 Å². The lowest BCUT2D eigenvalue weighted by molar-refractivity contribution is 0.159. The van der Waals surface area contributed by atoms with Gasteiger partial charge in [-0.2, -0.15) is 0 Å². The minimum atomic E-state index is 0.575. The van der Waals surface area contributed by atoms with E-state index in [0.717, 1.165) is 31.1 Å². The first-order valence-electron chi connectivity index (χ1n) is 7.07. The van der Waals surface area contributed by atoms with Crippen LogP contribution in [0.15, 0.2) is 24.3 Å². The van der Waals surface area contributed by atoms with E-state index >= 15 is 0 Å². The van der Waals surface area contributed by atoms with Gasteiger partial charge in [-0.1, -0.05) is 12.1 Å². The van der Waals surface area contributed by atoms with Crippen molar-refractivity contribution in [3.63, 3.8) is 0 Å². The number of ether oxygens (including phenoxy) is 2. The third kappa shape index (κ3) is 5.11. The first-order chi connectivity index (χ1) is 9.06. The monoisotopic (exact) mass is 265 g/mol. The van der Waals surface area contributed by atoms with Gasteiger partial charge in [0.25, 0.3) is 0 Å². The van der Waals surface area contributed by atoms with Crippen LogP contribution in [0.1, 0.15) is 34.1 Å². The molecular weight excluding hydrogens is 238 g/mol. The topological polar surface area (TPSA) is 21.7 Å². The lowest BCUT2D eigenvalue weighted by Gasteiger charge is -2.30. The van der Waals surface area contributed by atoms with Crippen LogP contribution < -0.4 is 9.47 Å². The van der Waals surface area contributed by atoms with E-state index in [1.165, 1.54) is 0 Å². The van der Waals surface area contributed by atoms with Crippen molar-refractivity contribution in [2.24, 2.45) is 0 Å². The molecule has 1 aromatic rings. The van der Waals surface area contributed by atoms with Gasteiger partial charge in [0, 0.05) is 18.6 Å². The van der Waals surface area contributed by atoms with Gasteiger partial charge >= 0.3 is 0 Å². The first-order valence-corrected chi connectivity index (χ1v) is 7.07. The number of rotatable bonds is 8. The van der Waals surface area contributed by atoms with Crippen LogP contribution >= 0.6 is 0 Å². The summed E-state index contributed by atoms with van der Waals surface area (Å²) >= 11 is 0. The lowest BCUT2D eigenvalue weighted by atomic mass is 10.2. The van der Waals surface area contributed by atoms with E-state index < -0.39 is 0 Å². The molecule has 0 aliphatic heterocycles. The van der Waals surface area contributed by atoms with Crippen LogP contribution in [0, 0.1) is 0 Å². The highest BCUT2D eigenvalue weighted by Gasteiger charge is 2.12. The van der Waals surface area contributed by atoms with E-state index in [1.54, 1.807) is 7.11 Å². The molecule has 0 N–H and O–H groups in total. The highest BCUT2D eigenvalue weighted by molar-refractivity contribution is 5.39. The quantitative estimate of drug-likeness (QED) is 0.671. The normalized spacial score (nSPS) is 11.4. The van der Waals surface area contributed by atoms with Gasteiger partial charge in [-0.05, 0) is 46.2 Å². The number of hydrogen-bond acceptors (Lipinski definition) is 3. The predicted octanol–water partition coefficient (Wildman–Crippen LogP) is 3.58. The lowest BCUT2D eigenvalue weighted by Crippen LogP contribution is -2.38. The summed E-state index contributed by atoms with van der Waals surface area (Å²) in [5, 5.41) is 0. The van der Waals surface area contributed by atoms with Crippen molar-refractivity contribution in [2.45, 2.75) is 46.2 Å². The molecule has 0 heterocycles. The molecule has 19 heavy (non-hydrogen) atoms. The molecule has 0 spiro atoms. The van der Waals surface area contributed by atoms with Crippen molar-refractivity contribution >= 4 is 0 Å². The van der Waals surface area contributed by atoms with Gasteiger partial charge in [0.2, 0.25) is 0 Å². The van der Waals surface area contributed by atoms with Gasteiger partial charge in [-0.15, -0.1) is 0 Å². The zero-order valence-electron chi connectivity index (χ0n) is 12.8. The fourth-order valence-electron chi connectivity index (χ4n) is 2.28. The van der Waals surface area contributed by atoms with Gasteiger partial charge in [0.05, 0.1) is 13.7 Å². The summed E-state index contributed by atoms with van der Waals surface area (Å²) < 4.78 is 11.1. The van der Waals surface area contributed by atoms with E-state index in [1.807, 2.05) is 24.3 Å². The van der Waals surface area contributed by atoms with Crippen molar-refractivity contribution < 1.29 is 9.47 Å². The summed E-state index contributed by atoms with van der Waals surface area (Å²) in [5.74, 6) is 1.62. The molecule has 0 bridgehead atoms. The fraction of sp³-hybridized carbons (Fsp3) is 0.625. The molecule has 0 radical (unpaired) electrons. The Balaban J connectivity index is 2.38. The third-order valence-corrected chi connectivity index (χ3v) is 3.21. The Kier molecular flexibility index (Phi) is 6.71. The van der Waals surface area contributed by atoms with Gasteiger partial charge in [-0.25, -0.2) is 0 Å². The zero-order chi connectivity index (χ0) is 14.3.